The number of Topliss-reactive ketones (excluding diaryl/α,β-unsaturated/α-hetero) is 1. The quantitative estimate of drug-likeness (QED) is 0.931. The van der Waals surface area contributed by atoms with Crippen LogP contribution < -0.4 is 14.9 Å². The van der Waals surface area contributed by atoms with E-state index in [-0.39, 0.29) is 23.2 Å². The van der Waals surface area contributed by atoms with Crippen LogP contribution in [0.3, 0.4) is 0 Å². The molecule has 0 unspecified atom stereocenters. The molecule has 118 valence electrons. The molecule has 3 rings (SSSR count). The van der Waals surface area contributed by atoms with Crippen LogP contribution in [0.4, 0.5) is 0 Å². The number of hydrazone groups is 1. The van der Waals surface area contributed by atoms with Crippen molar-refractivity contribution in [1.29, 1.82) is 0 Å². The van der Waals surface area contributed by atoms with E-state index in [1.807, 2.05) is 18.2 Å². The van der Waals surface area contributed by atoms with Crippen LogP contribution in [0.1, 0.15) is 32.3 Å². The molecule has 2 atom stereocenters. The summed E-state index contributed by atoms with van der Waals surface area (Å²) in [7, 11) is 3.21. The van der Waals surface area contributed by atoms with E-state index in [1.54, 1.807) is 14.2 Å². The third-order valence-electron chi connectivity index (χ3n) is 4.50. The van der Waals surface area contributed by atoms with Gasteiger partial charge in [0, 0.05) is 12.0 Å². The highest BCUT2D eigenvalue weighted by molar-refractivity contribution is 6.15. The summed E-state index contributed by atoms with van der Waals surface area (Å²) < 4.78 is 10.6. The van der Waals surface area contributed by atoms with Crippen molar-refractivity contribution >= 4 is 11.5 Å². The number of hydrogen-bond donors (Lipinski definition) is 1. The molecule has 0 amide bonds. The zero-order valence-electron chi connectivity index (χ0n) is 13.5. The summed E-state index contributed by atoms with van der Waals surface area (Å²) in [5.41, 5.74) is 4.91. The molecule has 1 heterocycles. The first-order chi connectivity index (χ1) is 10.4. The van der Waals surface area contributed by atoms with E-state index in [1.165, 1.54) is 0 Å². The second-order valence-corrected chi connectivity index (χ2v) is 6.79. The molecule has 0 bridgehead atoms. The standard InChI is InChI=1S/C17H22N2O3/c1-17(2)8-11-15(12(20)9-17)16(19-18-11)10-5-6-13(21-3)14(7-10)22-4/h5-7,11,15,18H,8-9H2,1-4H3/t11-,15-/m0/s1. The smallest absolute Gasteiger partial charge is 0.161 e. The van der Waals surface area contributed by atoms with Crippen molar-refractivity contribution in [3.05, 3.63) is 23.8 Å². The first-order valence-electron chi connectivity index (χ1n) is 7.53. The fourth-order valence-electron chi connectivity index (χ4n) is 3.52. The van der Waals surface area contributed by atoms with Gasteiger partial charge in [0.25, 0.3) is 0 Å². The number of rotatable bonds is 3. The number of hydrogen-bond acceptors (Lipinski definition) is 5. The van der Waals surface area contributed by atoms with E-state index >= 15 is 0 Å². The molecule has 1 aromatic carbocycles. The van der Waals surface area contributed by atoms with Crippen LogP contribution in [0.15, 0.2) is 23.3 Å². The molecule has 1 saturated carbocycles. The Morgan fingerprint density at radius 3 is 2.64 bits per heavy atom. The van der Waals surface area contributed by atoms with Gasteiger partial charge in [-0.1, -0.05) is 13.8 Å². The Morgan fingerprint density at radius 1 is 1.23 bits per heavy atom. The van der Waals surface area contributed by atoms with E-state index in [4.69, 9.17) is 9.47 Å². The summed E-state index contributed by atoms with van der Waals surface area (Å²) in [5, 5.41) is 4.45. The highest BCUT2D eigenvalue weighted by Gasteiger charge is 2.46. The number of nitrogens with zero attached hydrogens (tertiary/aromatic N) is 1. The third kappa shape index (κ3) is 2.45. The number of nitrogens with one attached hydrogen (secondary N) is 1. The van der Waals surface area contributed by atoms with Crippen LogP contribution in [0.5, 0.6) is 11.5 Å². The predicted octanol–water partition coefficient (Wildman–Crippen LogP) is 2.39. The van der Waals surface area contributed by atoms with Gasteiger partial charge in [0.15, 0.2) is 11.5 Å². The van der Waals surface area contributed by atoms with Crippen molar-refractivity contribution in [2.24, 2.45) is 16.4 Å². The fourth-order valence-corrected chi connectivity index (χ4v) is 3.52. The maximum atomic E-state index is 12.6. The summed E-state index contributed by atoms with van der Waals surface area (Å²) >= 11 is 0. The maximum Gasteiger partial charge on any atom is 0.161 e. The molecule has 0 radical (unpaired) electrons. The van der Waals surface area contributed by atoms with Gasteiger partial charge in [-0.3, -0.25) is 4.79 Å². The average molecular weight is 302 g/mol. The number of fused-ring (bicyclic) bond motifs is 1. The lowest BCUT2D eigenvalue weighted by Gasteiger charge is -2.36. The third-order valence-corrected chi connectivity index (χ3v) is 4.50. The zero-order valence-corrected chi connectivity index (χ0v) is 13.5. The summed E-state index contributed by atoms with van der Waals surface area (Å²) in [6.45, 7) is 4.27. The molecule has 0 aromatic heterocycles. The minimum atomic E-state index is -0.161. The molecule has 1 N–H and O–H groups in total. The monoisotopic (exact) mass is 302 g/mol. The second-order valence-electron chi connectivity index (χ2n) is 6.79. The van der Waals surface area contributed by atoms with Crippen LogP contribution in [-0.2, 0) is 4.79 Å². The van der Waals surface area contributed by atoms with Gasteiger partial charge in [0.1, 0.15) is 5.78 Å². The average Bonchev–Trinajstić information content (AvgIpc) is 2.89. The Hall–Kier alpha value is -2.04. The number of carbonyl (C=O) groups excluding carboxylic acids is 1. The van der Waals surface area contributed by atoms with Gasteiger partial charge in [0.05, 0.1) is 31.9 Å². The van der Waals surface area contributed by atoms with Gasteiger partial charge in [-0.15, -0.1) is 0 Å². The van der Waals surface area contributed by atoms with Crippen LogP contribution in [0.25, 0.3) is 0 Å². The molecular formula is C17H22N2O3. The topological polar surface area (TPSA) is 59.9 Å². The minimum absolute atomic E-state index is 0.0355. The predicted molar refractivity (Wildman–Crippen MR) is 84.5 cm³/mol. The number of ketones is 1. The molecule has 5 heteroatoms. The second kappa shape index (κ2) is 5.30. The van der Waals surface area contributed by atoms with Gasteiger partial charge in [0.2, 0.25) is 0 Å². The van der Waals surface area contributed by atoms with Gasteiger partial charge >= 0.3 is 0 Å². The Kier molecular flexibility index (Phi) is 3.59. The molecule has 2 aliphatic rings. The normalized spacial score (nSPS) is 26.0. The lowest BCUT2D eigenvalue weighted by molar-refractivity contribution is -0.126. The SMILES string of the molecule is COc1ccc(C2=NN[C@H]3CC(C)(C)CC(=O)[C@@H]23)cc1OC. The van der Waals surface area contributed by atoms with E-state index in [0.717, 1.165) is 17.7 Å². The van der Waals surface area contributed by atoms with Gasteiger partial charge in [-0.05, 0) is 30.0 Å². The molecule has 0 spiro atoms. The van der Waals surface area contributed by atoms with Gasteiger partial charge < -0.3 is 14.9 Å². The van der Waals surface area contributed by atoms with Crippen LogP contribution in [0, 0.1) is 11.3 Å². The van der Waals surface area contributed by atoms with E-state index in [9.17, 15) is 4.79 Å². The summed E-state index contributed by atoms with van der Waals surface area (Å²) in [6, 6.07) is 5.76. The zero-order chi connectivity index (χ0) is 15.9. The summed E-state index contributed by atoms with van der Waals surface area (Å²) in [4.78, 5) is 12.6. The first-order valence-corrected chi connectivity index (χ1v) is 7.53. The minimum Gasteiger partial charge on any atom is -0.493 e. The van der Waals surface area contributed by atoms with Gasteiger partial charge in [-0.25, -0.2) is 0 Å². The van der Waals surface area contributed by atoms with Crippen molar-refractivity contribution in [2.75, 3.05) is 14.2 Å². The van der Waals surface area contributed by atoms with Crippen molar-refractivity contribution in [3.63, 3.8) is 0 Å². The summed E-state index contributed by atoms with van der Waals surface area (Å²) in [5.74, 6) is 1.42. The van der Waals surface area contributed by atoms with Crippen molar-refractivity contribution < 1.29 is 14.3 Å². The van der Waals surface area contributed by atoms with Crippen LogP contribution in [0.2, 0.25) is 0 Å². The lowest BCUT2D eigenvalue weighted by Crippen LogP contribution is -2.45. The number of carbonyl (C=O) groups is 1. The summed E-state index contributed by atoms with van der Waals surface area (Å²) in [6.07, 6.45) is 1.55. The van der Waals surface area contributed by atoms with Crippen LogP contribution in [-0.4, -0.2) is 31.8 Å². The number of methoxy groups -OCH3 is 2. The highest BCUT2D eigenvalue weighted by Crippen LogP contribution is 2.40. The van der Waals surface area contributed by atoms with Crippen molar-refractivity contribution in [2.45, 2.75) is 32.7 Å². The molecule has 1 fully saturated rings. The van der Waals surface area contributed by atoms with Crippen LogP contribution >= 0.6 is 0 Å². The molecule has 5 nitrogen and oxygen atoms in total. The fraction of sp³-hybridized carbons (Fsp3) is 0.529. The van der Waals surface area contributed by atoms with Crippen molar-refractivity contribution in [1.82, 2.24) is 5.43 Å². The van der Waals surface area contributed by atoms with Crippen molar-refractivity contribution in [3.8, 4) is 11.5 Å². The molecule has 22 heavy (non-hydrogen) atoms. The van der Waals surface area contributed by atoms with E-state index < -0.39 is 0 Å². The van der Waals surface area contributed by atoms with E-state index in [2.05, 4.69) is 24.4 Å². The molecular weight excluding hydrogens is 280 g/mol. The number of ether oxygens (including phenoxy) is 2. The molecule has 1 aliphatic carbocycles. The van der Waals surface area contributed by atoms with Gasteiger partial charge in [-0.2, -0.15) is 5.10 Å². The maximum absolute atomic E-state index is 12.6. The Morgan fingerprint density at radius 2 is 1.95 bits per heavy atom. The Labute approximate surface area is 130 Å². The highest BCUT2D eigenvalue weighted by atomic mass is 16.5. The molecule has 1 aromatic rings. The Bertz CT molecular complexity index is 637. The lowest BCUT2D eigenvalue weighted by atomic mass is 9.68. The largest absolute Gasteiger partial charge is 0.493 e. The van der Waals surface area contributed by atoms with E-state index in [0.29, 0.717) is 17.9 Å². The Balaban J connectivity index is 1.92. The molecule has 1 aliphatic heterocycles. The molecule has 0 saturated heterocycles. The number of benzene rings is 1. The first kappa shape index (κ1) is 14.9.